The molecule has 6 nitrogen and oxygen atoms in total. The van der Waals surface area contributed by atoms with Gasteiger partial charge >= 0.3 is 0 Å². The maximum atomic E-state index is 11.7. The number of nitrogens with zero attached hydrogens (tertiary/aromatic N) is 4. The molecule has 0 unspecified atom stereocenters. The van der Waals surface area contributed by atoms with Gasteiger partial charge in [-0.05, 0) is 24.3 Å². The molecule has 2 aromatic rings. The molecule has 0 radical (unpaired) electrons. The van der Waals surface area contributed by atoms with Crippen LogP contribution in [0.15, 0.2) is 23.0 Å². The number of nitrogens with one attached hydrogen (secondary N) is 1. The number of carbonyl (C=O) groups excluding carboxylic acids is 1. The van der Waals surface area contributed by atoms with Gasteiger partial charge in [0.25, 0.3) is 5.91 Å². The molecule has 22 heavy (non-hydrogen) atoms. The fourth-order valence-electron chi connectivity index (χ4n) is 1.77. The third-order valence-electron chi connectivity index (χ3n) is 3.48. The van der Waals surface area contributed by atoms with Gasteiger partial charge in [-0.3, -0.25) is 4.79 Å². The van der Waals surface area contributed by atoms with E-state index in [9.17, 15) is 4.79 Å². The molecular formula is C15H17N5OS. The number of hydrogen-bond donors (Lipinski definition) is 1. The number of hydrogen-bond acceptors (Lipinski definition) is 5. The normalized spacial score (nSPS) is 16.9. The van der Waals surface area contributed by atoms with Gasteiger partial charge in [-0.15, -0.1) is 5.10 Å². The van der Waals surface area contributed by atoms with E-state index < -0.39 is 5.54 Å². The van der Waals surface area contributed by atoms with Gasteiger partial charge in [0, 0.05) is 10.9 Å². The van der Waals surface area contributed by atoms with Crippen molar-refractivity contribution in [1.82, 2.24) is 20.3 Å². The number of rotatable bonds is 4. The average Bonchev–Trinajstić information content (AvgIpc) is 3.48. The van der Waals surface area contributed by atoms with E-state index in [0.717, 1.165) is 12.8 Å². The largest absolute Gasteiger partial charge is 0.346 e. The summed E-state index contributed by atoms with van der Waals surface area (Å²) in [4.78, 5) is 11.7. The Balaban J connectivity index is 0.000000429. The van der Waals surface area contributed by atoms with Crippen LogP contribution in [0.1, 0.15) is 48.2 Å². The topological polar surface area (TPSA) is 83.6 Å². The fourth-order valence-corrected chi connectivity index (χ4v) is 2.40. The lowest BCUT2D eigenvalue weighted by Crippen LogP contribution is -2.22. The monoisotopic (exact) mass is 315 g/mol. The standard InChI is InChI=1S/C12H11N5OS.C3H6/c13-8-12(2-3-12)17-6-10(15-16-17)5-14-11(18)9-1-4-19-7-9;1-2-3-1/h1,4,6-7H,2-3,5H2,(H,14,18);1-3H2. The quantitative estimate of drug-likeness (QED) is 0.939. The van der Waals surface area contributed by atoms with E-state index in [1.165, 1.54) is 30.6 Å². The van der Waals surface area contributed by atoms with E-state index in [1.807, 2.05) is 5.38 Å². The summed E-state index contributed by atoms with van der Waals surface area (Å²) in [7, 11) is 0. The highest BCUT2D eigenvalue weighted by Crippen LogP contribution is 2.41. The zero-order valence-electron chi connectivity index (χ0n) is 12.2. The minimum absolute atomic E-state index is 0.128. The van der Waals surface area contributed by atoms with Crippen LogP contribution in [0.4, 0.5) is 0 Å². The Bertz CT molecular complexity index is 676. The van der Waals surface area contributed by atoms with Gasteiger partial charge in [0.2, 0.25) is 0 Å². The lowest BCUT2D eigenvalue weighted by Gasteiger charge is -2.03. The second kappa shape index (κ2) is 6.28. The highest BCUT2D eigenvalue weighted by molar-refractivity contribution is 7.08. The lowest BCUT2D eigenvalue weighted by molar-refractivity contribution is 0.0951. The van der Waals surface area contributed by atoms with Gasteiger partial charge in [0.05, 0.1) is 18.8 Å². The van der Waals surface area contributed by atoms with Crippen molar-refractivity contribution in [1.29, 1.82) is 5.26 Å². The van der Waals surface area contributed by atoms with Crippen LogP contribution in [0, 0.1) is 11.3 Å². The van der Waals surface area contributed by atoms with E-state index in [2.05, 4.69) is 21.7 Å². The highest BCUT2D eigenvalue weighted by atomic mass is 32.1. The maximum absolute atomic E-state index is 11.7. The molecule has 2 aliphatic carbocycles. The van der Waals surface area contributed by atoms with E-state index >= 15 is 0 Å². The smallest absolute Gasteiger partial charge is 0.252 e. The SMILES string of the molecule is C1CC1.N#CC1(n2cc(CNC(=O)c3ccsc3)nn2)CC1. The molecule has 0 atom stereocenters. The zero-order valence-corrected chi connectivity index (χ0v) is 13.0. The van der Waals surface area contributed by atoms with Gasteiger partial charge in [-0.2, -0.15) is 16.6 Å². The first-order valence-corrected chi connectivity index (χ1v) is 8.31. The molecule has 2 aliphatic rings. The van der Waals surface area contributed by atoms with Gasteiger partial charge in [-0.1, -0.05) is 24.5 Å². The van der Waals surface area contributed by atoms with Crippen LogP contribution >= 0.6 is 11.3 Å². The molecule has 1 amide bonds. The van der Waals surface area contributed by atoms with Crippen LogP contribution < -0.4 is 5.32 Å². The number of amides is 1. The first-order valence-electron chi connectivity index (χ1n) is 7.37. The summed E-state index contributed by atoms with van der Waals surface area (Å²) < 4.78 is 1.60. The van der Waals surface area contributed by atoms with Crippen molar-refractivity contribution in [3.8, 4) is 6.07 Å². The van der Waals surface area contributed by atoms with Gasteiger partial charge in [0.1, 0.15) is 5.69 Å². The van der Waals surface area contributed by atoms with E-state index in [1.54, 1.807) is 22.3 Å². The van der Waals surface area contributed by atoms with Crippen LogP contribution in [0.5, 0.6) is 0 Å². The van der Waals surface area contributed by atoms with E-state index in [0.29, 0.717) is 17.8 Å². The van der Waals surface area contributed by atoms with Crippen molar-refractivity contribution in [3.63, 3.8) is 0 Å². The second-order valence-electron chi connectivity index (χ2n) is 5.55. The summed E-state index contributed by atoms with van der Waals surface area (Å²) in [6, 6.07) is 4.01. The van der Waals surface area contributed by atoms with Gasteiger partial charge < -0.3 is 5.32 Å². The number of aromatic nitrogens is 3. The first-order chi connectivity index (χ1) is 10.7. The number of carbonyl (C=O) groups is 1. The van der Waals surface area contributed by atoms with E-state index in [-0.39, 0.29) is 5.91 Å². The van der Waals surface area contributed by atoms with Crippen molar-refractivity contribution in [2.75, 3.05) is 0 Å². The molecule has 114 valence electrons. The predicted molar refractivity (Wildman–Crippen MR) is 82.2 cm³/mol. The Morgan fingerprint density at radius 3 is 2.77 bits per heavy atom. The van der Waals surface area contributed by atoms with E-state index in [4.69, 9.17) is 5.26 Å². The summed E-state index contributed by atoms with van der Waals surface area (Å²) in [5.41, 5.74) is 0.806. The Morgan fingerprint density at radius 1 is 1.45 bits per heavy atom. The zero-order chi connectivity index (χ0) is 15.4. The highest BCUT2D eigenvalue weighted by Gasteiger charge is 2.46. The molecule has 2 saturated carbocycles. The van der Waals surface area contributed by atoms with Crippen molar-refractivity contribution in [2.45, 2.75) is 44.2 Å². The van der Waals surface area contributed by atoms with Crippen LogP contribution in [0.25, 0.3) is 0 Å². The minimum atomic E-state index is -0.497. The van der Waals surface area contributed by atoms with Crippen molar-refractivity contribution >= 4 is 17.2 Å². The summed E-state index contributed by atoms with van der Waals surface area (Å²) in [5.74, 6) is -0.128. The molecule has 0 spiro atoms. The molecular weight excluding hydrogens is 298 g/mol. The first kappa shape index (κ1) is 14.7. The molecule has 0 aliphatic heterocycles. The second-order valence-corrected chi connectivity index (χ2v) is 6.33. The molecule has 0 saturated heterocycles. The average molecular weight is 315 g/mol. The molecule has 4 rings (SSSR count). The maximum Gasteiger partial charge on any atom is 0.252 e. The van der Waals surface area contributed by atoms with Gasteiger partial charge in [-0.25, -0.2) is 4.68 Å². The summed E-state index contributed by atoms with van der Waals surface area (Å²) in [5, 5.41) is 23.4. The number of nitriles is 1. The Hall–Kier alpha value is -2.20. The number of thiophene rings is 1. The molecule has 2 heterocycles. The Kier molecular flexibility index (Phi) is 4.20. The Morgan fingerprint density at radius 2 is 2.23 bits per heavy atom. The van der Waals surface area contributed by atoms with Crippen LogP contribution in [0.3, 0.4) is 0 Å². The molecule has 2 aromatic heterocycles. The van der Waals surface area contributed by atoms with Crippen molar-refractivity contribution in [2.24, 2.45) is 0 Å². The Labute approximate surface area is 132 Å². The minimum Gasteiger partial charge on any atom is -0.346 e. The van der Waals surface area contributed by atoms with Crippen LogP contribution in [-0.2, 0) is 12.1 Å². The van der Waals surface area contributed by atoms with Gasteiger partial charge in [0.15, 0.2) is 5.54 Å². The molecule has 7 heteroatoms. The van der Waals surface area contributed by atoms with Crippen molar-refractivity contribution < 1.29 is 4.79 Å². The third kappa shape index (κ3) is 3.52. The lowest BCUT2D eigenvalue weighted by atomic mass is 10.3. The van der Waals surface area contributed by atoms with Crippen LogP contribution in [0.2, 0.25) is 0 Å². The van der Waals surface area contributed by atoms with Crippen molar-refractivity contribution in [3.05, 3.63) is 34.3 Å². The fraction of sp³-hybridized carbons (Fsp3) is 0.467. The molecule has 1 N–H and O–H groups in total. The summed E-state index contributed by atoms with van der Waals surface area (Å²) in [6.45, 7) is 0.316. The molecule has 2 fully saturated rings. The third-order valence-corrected chi connectivity index (χ3v) is 4.16. The molecule has 0 aromatic carbocycles. The predicted octanol–water partition coefficient (Wildman–Crippen LogP) is 2.45. The summed E-state index contributed by atoms with van der Waals surface area (Å²) >= 11 is 1.48. The van der Waals surface area contributed by atoms with Crippen LogP contribution in [-0.4, -0.2) is 20.9 Å². The molecule has 0 bridgehead atoms. The summed E-state index contributed by atoms with van der Waals surface area (Å²) in [6.07, 6.45) is 7.85.